The summed E-state index contributed by atoms with van der Waals surface area (Å²) in [5, 5.41) is 14.6. The molecule has 12 heteroatoms. The van der Waals surface area contributed by atoms with Gasteiger partial charge in [0.25, 0.3) is 0 Å². The van der Waals surface area contributed by atoms with E-state index in [9.17, 15) is 9.59 Å². The number of nitrogen functional groups attached to an aromatic ring is 1. The molecule has 0 aromatic carbocycles. The van der Waals surface area contributed by atoms with E-state index in [4.69, 9.17) is 15.2 Å². The maximum atomic E-state index is 12.1. The third-order valence-electron chi connectivity index (χ3n) is 3.79. The molecule has 3 rings (SSSR count). The topological polar surface area (TPSA) is 122 Å². The molecule has 3 heterocycles. The highest BCUT2D eigenvalue weighted by Gasteiger charge is 2.27. The number of hydrogen-bond acceptors (Lipinski definition) is 11. The molecule has 0 unspecified atom stereocenters. The predicted octanol–water partition coefficient (Wildman–Crippen LogP) is 2.49. The molecule has 0 saturated carbocycles. The minimum absolute atomic E-state index is 0.179. The fourth-order valence-electron chi connectivity index (χ4n) is 2.45. The number of aromatic nitrogens is 4. The molecule has 148 valence electrons. The number of tetrazole rings is 1. The number of thiophene rings is 2. The Labute approximate surface area is 172 Å². The molecule has 0 saturated heterocycles. The third kappa shape index (κ3) is 4.34. The van der Waals surface area contributed by atoms with Crippen molar-refractivity contribution >= 4 is 51.4 Å². The van der Waals surface area contributed by atoms with Gasteiger partial charge < -0.3 is 15.2 Å². The Morgan fingerprint density at radius 1 is 1.29 bits per heavy atom. The highest BCUT2D eigenvalue weighted by molar-refractivity contribution is 7.98. The fraction of sp³-hybridized carbons (Fsp3) is 0.312. The summed E-state index contributed by atoms with van der Waals surface area (Å²) in [7, 11) is 2.54. The number of aryl methyl sites for hydroxylation is 2. The van der Waals surface area contributed by atoms with Crippen LogP contribution >= 0.6 is 34.4 Å². The smallest absolute Gasteiger partial charge is 0.348 e. The van der Waals surface area contributed by atoms with Crippen LogP contribution in [-0.4, -0.2) is 46.4 Å². The highest BCUT2D eigenvalue weighted by atomic mass is 32.2. The van der Waals surface area contributed by atoms with Gasteiger partial charge in [0, 0.05) is 22.6 Å². The lowest BCUT2D eigenvalue weighted by atomic mass is 10.1. The first-order valence-corrected chi connectivity index (χ1v) is 10.7. The summed E-state index contributed by atoms with van der Waals surface area (Å²) in [6, 6.07) is 4.06. The molecule has 0 bridgehead atoms. The minimum Gasteiger partial charge on any atom is -0.465 e. The molecule has 9 nitrogen and oxygen atoms in total. The van der Waals surface area contributed by atoms with Crippen LogP contribution in [0.25, 0.3) is 0 Å². The van der Waals surface area contributed by atoms with Crippen molar-refractivity contribution in [2.24, 2.45) is 0 Å². The summed E-state index contributed by atoms with van der Waals surface area (Å²) >= 11 is 3.98. The first-order valence-electron chi connectivity index (χ1n) is 8.04. The van der Waals surface area contributed by atoms with Gasteiger partial charge in [-0.15, -0.1) is 27.8 Å². The van der Waals surface area contributed by atoms with Crippen molar-refractivity contribution in [3.8, 4) is 0 Å². The zero-order valence-corrected chi connectivity index (χ0v) is 17.5. The van der Waals surface area contributed by atoms with Gasteiger partial charge in [0.05, 0.1) is 26.3 Å². The van der Waals surface area contributed by atoms with E-state index in [1.807, 2.05) is 11.4 Å². The van der Waals surface area contributed by atoms with Crippen molar-refractivity contribution in [1.29, 1.82) is 0 Å². The molecule has 2 N–H and O–H groups in total. The molecule has 28 heavy (non-hydrogen) atoms. The molecule has 0 spiro atoms. The number of methoxy groups -OCH3 is 2. The van der Waals surface area contributed by atoms with E-state index in [-0.39, 0.29) is 21.2 Å². The maximum Gasteiger partial charge on any atom is 0.348 e. The van der Waals surface area contributed by atoms with Gasteiger partial charge in [-0.1, -0.05) is 17.8 Å². The van der Waals surface area contributed by atoms with Gasteiger partial charge in [-0.3, -0.25) is 0 Å². The molecule has 0 fully saturated rings. The Morgan fingerprint density at radius 3 is 2.75 bits per heavy atom. The van der Waals surface area contributed by atoms with E-state index in [1.165, 1.54) is 30.9 Å². The first kappa shape index (κ1) is 20.3. The van der Waals surface area contributed by atoms with E-state index in [2.05, 4.69) is 21.6 Å². The van der Waals surface area contributed by atoms with Crippen molar-refractivity contribution in [2.75, 3.05) is 20.0 Å². The number of carbonyl (C=O) groups is 2. The zero-order valence-electron chi connectivity index (χ0n) is 15.1. The second-order valence-corrected chi connectivity index (χ2v) is 8.46. The Kier molecular flexibility index (Phi) is 6.65. The van der Waals surface area contributed by atoms with Crippen LogP contribution in [0.2, 0.25) is 0 Å². The summed E-state index contributed by atoms with van der Waals surface area (Å²) in [4.78, 5) is 25.7. The van der Waals surface area contributed by atoms with E-state index < -0.39 is 11.9 Å². The number of hydrogen-bond donors (Lipinski definition) is 1. The normalized spacial score (nSPS) is 10.8. The quantitative estimate of drug-likeness (QED) is 0.416. The van der Waals surface area contributed by atoms with E-state index in [0.717, 1.165) is 17.8 Å². The van der Waals surface area contributed by atoms with Gasteiger partial charge in [0.1, 0.15) is 9.88 Å². The summed E-state index contributed by atoms with van der Waals surface area (Å²) < 4.78 is 11.3. The summed E-state index contributed by atoms with van der Waals surface area (Å²) in [6.45, 7) is 0.620. The van der Waals surface area contributed by atoms with Crippen LogP contribution in [0.1, 0.15) is 30.5 Å². The molecule has 0 radical (unpaired) electrons. The van der Waals surface area contributed by atoms with Crippen molar-refractivity contribution in [3.63, 3.8) is 0 Å². The van der Waals surface area contributed by atoms with Crippen molar-refractivity contribution in [1.82, 2.24) is 20.2 Å². The lowest BCUT2D eigenvalue weighted by Gasteiger charge is -2.07. The SMILES string of the molecule is COC(=O)c1sc(N)c(C(=O)OC)c1CSc1nnnn1CCc1cccs1. The number of nitrogens with zero attached hydrogens (tertiary/aromatic N) is 4. The van der Waals surface area contributed by atoms with Crippen LogP contribution in [-0.2, 0) is 28.2 Å². The Bertz CT molecular complexity index is 967. The molecule has 0 aliphatic carbocycles. The van der Waals surface area contributed by atoms with E-state index in [0.29, 0.717) is 17.3 Å². The molecular weight excluding hydrogens is 422 g/mol. The number of ether oxygens (including phenoxy) is 2. The van der Waals surface area contributed by atoms with Crippen LogP contribution in [0.3, 0.4) is 0 Å². The van der Waals surface area contributed by atoms with Gasteiger partial charge in [0.2, 0.25) is 5.16 Å². The number of anilines is 1. The first-order chi connectivity index (χ1) is 13.5. The highest BCUT2D eigenvalue weighted by Crippen LogP contribution is 2.36. The van der Waals surface area contributed by atoms with Gasteiger partial charge in [0.15, 0.2) is 0 Å². The van der Waals surface area contributed by atoms with Crippen molar-refractivity contribution in [2.45, 2.75) is 23.9 Å². The van der Waals surface area contributed by atoms with Gasteiger partial charge in [-0.05, 0) is 21.9 Å². The lowest BCUT2D eigenvalue weighted by molar-refractivity contribution is 0.0601. The van der Waals surface area contributed by atoms with Gasteiger partial charge in [-0.25, -0.2) is 14.3 Å². The van der Waals surface area contributed by atoms with E-state index in [1.54, 1.807) is 16.0 Å². The third-order valence-corrected chi connectivity index (χ3v) is 6.75. The molecule has 0 aliphatic rings. The Hall–Kier alpha value is -2.44. The minimum atomic E-state index is -0.600. The standard InChI is InChI=1S/C16H17N5O4S3/c1-24-14(22)11-10(12(15(23)25-2)28-13(11)17)8-27-16-18-19-20-21(16)6-5-9-4-3-7-26-9/h3-4,7H,5-6,8,17H2,1-2H3. The molecule has 0 atom stereocenters. The number of carbonyl (C=O) groups excluding carboxylic acids is 2. The molecular formula is C16H17N5O4S3. The number of esters is 2. The maximum absolute atomic E-state index is 12.1. The van der Waals surface area contributed by atoms with Crippen LogP contribution in [0.15, 0.2) is 22.7 Å². The van der Waals surface area contributed by atoms with Crippen molar-refractivity contribution < 1.29 is 19.1 Å². The van der Waals surface area contributed by atoms with Gasteiger partial charge >= 0.3 is 11.9 Å². The second kappa shape index (κ2) is 9.17. The van der Waals surface area contributed by atoms with Gasteiger partial charge in [-0.2, -0.15) is 0 Å². The molecule has 0 amide bonds. The Balaban J connectivity index is 1.80. The second-order valence-electron chi connectivity index (χ2n) is 5.43. The number of rotatable bonds is 8. The van der Waals surface area contributed by atoms with Crippen LogP contribution in [0, 0.1) is 0 Å². The average molecular weight is 440 g/mol. The van der Waals surface area contributed by atoms with Crippen LogP contribution < -0.4 is 5.73 Å². The fourth-order valence-corrected chi connectivity index (χ4v) is 5.17. The van der Waals surface area contributed by atoms with Crippen LogP contribution in [0.5, 0.6) is 0 Å². The Morgan fingerprint density at radius 2 is 2.07 bits per heavy atom. The summed E-state index contributed by atoms with van der Waals surface area (Å²) in [6.07, 6.45) is 0.808. The molecule has 3 aromatic heterocycles. The largest absolute Gasteiger partial charge is 0.465 e. The molecule has 0 aliphatic heterocycles. The molecule has 3 aromatic rings. The van der Waals surface area contributed by atoms with Crippen molar-refractivity contribution in [3.05, 3.63) is 38.4 Å². The van der Waals surface area contributed by atoms with E-state index >= 15 is 0 Å². The monoisotopic (exact) mass is 439 g/mol. The van der Waals surface area contributed by atoms with Crippen LogP contribution in [0.4, 0.5) is 5.00 Å². The average Bonchev–Trinajstić information content (AvgIpc) is 3.43. The lowest BCUT2D eigenvalue weighted by Crippen LogP contribution is -2.09. The number of thioether (sulfide) groups is 1. The summed E-state index contributed by atoms with van der Waals surface area (Å²) in [5.74, 6) is -0.890. The number of nitrogens with two attached hydrogens (primary N) is 1. The predicted molar refractivity (Wildman–Crippen MR) is 107 cm³/mol. The zero-order chi connectivity index (χ0) is 20.1. The summed E-state index contributed by atoms with van der Waals surface area (Å²) in [5.41, 5.74) is 6.58.